The molecule has 0 saturated carbocycles. The molecule has 0 unspecified atom stereocenters. The minimum absolute atomic E-state index is 0.513. The van der Waals surface area contributed by atoms with Gasteiger partial charge in [-0.3, -0.25) is 5.10 Å². The first-order chi connectivity index (χ1) is 12.6. The number of nitrogens with one attached hydrogen (secondary N) is 1. The average molecular weight is 354 g/mol. The van der Waals surface area contributed by atoms with Gasteiger partial charge in [-0.25, -0.2) is 4.98 Å². The highest BCUT2D eigenvalue weighted by atomic mass is 15.2. The van der Waals surface area contributed by atoms with Crippen LogP contribution in [0.4, 0.5) is 0 Å². The highest BCUT2D eigenvalue weighted by Gasteiger charge is 2.14. The molecule has 0 radical (unpaired) electrons. The van der Waals surface area contributed by atoms with Gasteiger partial charge in [0.15, 0.2) is 0 Å². The first-order valence-electron chi connectivity index (χ1n) is 9.65. The second-order valence-electron chi connectivity index (χ2n) is 6.82. The quantitative estimate of drug-likeness (QED) is 0.750. The fourth-order valence-electron chi connectivity index (χ4n) is 3.28. The molecule has 0 saturated heterocycles. The van der Waals surface area contributed by atoms with Crippen molar-refractivity contribution in [3.8, 4) is 0 Å². The Balaban J connectivity index is 2.59. The summed E-state index contributed by atoms with van der Waals surface area (Å²) < 4.78 is 0. The molecule has 0 atom stereocenters. The van der Waals surface area contributed by atoms with Crippen molar-refractivity contribution in [2.24, 2.45) is 5.92 Å². The molecule has 0 bridgehead atoms. The number of aromatic nitrogens is 5. The van der Waals surface area contributed by atoms with E-state index in [0.717, 1.165) is 21.8 Å². The molecule has 26 heavy (non-hydrogen) atoms. The van der Waals surface area contributed by atoms with E-state index in [9.17, 15) is 0 Å². The molecule has 2 heterocycles. The van der Waals surface area contributed by atoms with Gasteiger partial charge in [-0.2, -0.15) is 5.10 Å². The van der Waals surface area contributed by atoms with Crippen LogP contribution in [-0.2, 0) is 0 Å². The van der Waals surface area contributed by atoms with Crippen molar-refractivity contribution in [2.75, 3.05) is 0 Å². The van der Waals surface area contributed by atoms with Gasteiger partial charge in [0.2, 0.25) is 0 Å². The van der Waals surface area contributed by atoms with E-state index in [0.29, 0.717) is 11.7 Å². The summed E-state index contributed by atoms with van der Waals surface area (Å²) in [4.78, 5) is 4.27. The standard InChI is InChI=1S/C21H31N5/c1-6-9-11-17(12-10-7-2)18(8-3)19-13-23-26-21(19)15(4)20-14-22-16(5)24-25-20/h8,13-14,17,26H,3,6-7,9-12H2,1-2,4-5H3/b19-18+,21-15-. The van der Waals surface area contributed by atoms with E-state index in [2.05, 4.69) is 45.8 Å². The van der Waals surface area contributed by atoms with Gasteiger partial charge in [-0.1, -0.05) is 52.2 Å². The van der Waals surface area contributed by atoms with Gasteiger partial charge in [-0.05, 0) is 38.2 Å². The summed E-state index contributed by atoms with van der Waals surface area (Å²) in [6, 6.07) is 0. The van der Waals surface area contributed by atoms with E-state index in [1.807, 2.05) is 26.1 Å². The van der Waals surface area contributed by atoms with Crippen molar-refractivity contribution >= 4 is 11.1 Å². The first-order valence-corrected chi connectivity index (χ1v) is 9.65. The molecule has 0 aliphatic rings. The monoisotopic (exact) mass is 353 g/mol. The van der Waals surface area contributed by atoms with Crippen molar-refractivity contribution < 1.29 is 0 Å². The van der Waals surface area contributed by atoms with Crippen LogP contribution in [0.15, 0.2) is 25.0 Å². The molecule has 1 N–H and O–H groups in total. The number of aryl methyl sites for hydroxylation is 1. The Hall–Kier alpha value is -2.30. The second kappa shape index (κ2) is 10.00. The number of unbranched alkanes of at least 4 members (excludes halogenated alkanes) is 2. The molecule has 5 heteroatoms. The van der Waals surface area contributed by atoms with E-state index < -0.39 is 0 Å². The largest absolute Gasteiger partial charge is 0.277 e. The van der Waals surface area contributed by atoms with E-state index in [-0.39, 0.29) is 0 Å². The summed E-state index contributed by atoms with van der Waals surface area (Å²) in [5.74, 6) is 1.18. The van der Waals surface area contributed by atoms with Crippen molar-refractivity contribution in [1.29, 1.82) is 0 Å². The lowest BCUT2D eigenvalue weighted by atomic mass is 9.87. The lowest BCUT2D eigenvalue weighted by molar-refractivity contribution is 0.509. The van der Waals surface area contributed by atoms with Gasteiger partial charge in [0.05, 0.1) is 17.7 Å². The third-order valence-electron chi connectivity index (χ3n) is 4.86. The number of allylic oxidation sites excluding steroid dienone is 1. The van der Waals surface area contributed by atoms with Crippen LogP contribution in [0.2, 0.25) is 0 Å². The van der Waals surface area contributed by atoms with Crippen LogP contribution in [0.3, 0.4) is 0 Å². The van der Waals surface area contributed by atoms with Crippen LogP contribution in [0.1, 0.15) is 70.8 Å². The predicted octanol–water partition coefficient (Wildman–Crippen LogP) is 3.46. The van der Waals surface area contributed by atoms with Gasteiger partial charge < -0.3 is 0 Å². The van der Waals surface area contributed by atoms with Gasteiger partial charge in [0, 0.05) is 10.8 Å². The summed E-state index contributed by atoms with van der Waals surface area (Å²) in [5, 5.41) is 17.9. The Labute approximate surface area is 156 Å². The minimum Gasteiger partial charge on any atom is -0.277 e. The Morgan fingerprint density at radius 1 is 1.15 bits per heavy atom. The molecule has 2 aromatic rings. The van der Waals surface area contributed by atoms with Gasteiger partial charge in [-0.15, -0.1) is 10.2 Å². The van der Waals surface area contributed by atoms with Crippen LogP contribution in [-0.4, -0.2) is 25.4 Å². The molecule has 0 aliphatic heterocycles. The fourth-order valence-corrected chi connectivity index (χ4v) is 3.28. The maximum absolute atomic E-state index is 4.32. The van der Waals surface area contributed by atoms with Crippen LogP contribution in [0.5, 0.6) is 0 Å². The second-order valence-corrected chi connectivity index (χ2v) is 6.82. The van der Waals surface area contributed by atoms with Crippen molar-refractivity contribution in [3.05, 3.63) is 47.1 Å². The van der Waals surface area contributed by atoms with Crippen LogP contribution >= 0.6 is 0 Å². The number of hydrogen-bond acceptors (Lipinski definition) is 4. The van der Waals surface area contributed by atoms with Crippen molar-refractivity contribution in [3.63, 3.8) is 0 Å². The van der Waals surface area contributed by atoms with Crippen LogP contribution in [0.25, 0.3) is 11.1 Å². The van der Waals surface area contributed by atoms with Crippen LogP contribution in [0, 0.1) is 12.8 Å². The number of rotatable bonds is 9. The van der Waals surface area contributed by atoms with Gasteiger partial charge >= 0.3 is 0 Å². The SMILES string of the molecule is C=C/C(=c1/cn[nH]/c1=C(/C)c1cnc(C)nn1)C(CCCC)CCCC. The third-order valence-corrected chi connectivity index (χ3v) is 4.86. The third kappa shape index (κ3) is 4.87. The van der Waals surface area contributed by atoms with E-state index >= 15 is 0 Å². The average Bonchev–Trinajstić information content (AvgIpc) is 3.13. The molecule has 2 rings (SSSR count). The lowest BCUT2D eigenvalue weighted by Crippen LogP contribution is -2.29. The Kier molecular flexibility index (Phi) is 7.70. The van der Waals surface area contributed by atoms with Crippen LogP contribution < -0.4 is 10.6 Å². The molecule has 2 aromatic heterocycles. The minimum atomic E-state index is 0.513. The zero-order chi connectivity index (χ0) is 18.9. The first kappa shape index (κ1) is 20.0. The molecule has 0 fully saturated rings. The van der Waals surface area contributed by atoms with Gasteiger partial charge in [0.25, 0.3) is 0 Å². The molecule has 140 valence electrons. The van der Waals surface area contributed by atoms with E-state index in [1.54, 1.807) is 6.20 Å². The normalized spacial score (nSPS) is 13.7. The predicted molar refractivity (Wildman–Crippen MR) is 107 cm³/mol. The molecular formula is C21H31N5. The zero-order valence-corrected chi connectivity index (χ0v) is 16.5. The number of nitrogens with zero attached hydrogens (tertiary/aromatic N) is 4. The Bertz CT molecular complexity index is 809. The molecule has 5 nitrogen and oxygen atoms in total. The molecule has 0 spiro atoms. The maximum Gasteiger partial charge on any atom is 0.147 e. The molecule has 0 aliphatic carbocycles. The lowest BCUT2D eigenvalue weighted by Gasteiger charge is -2.17. The molecular weight excluding hydrogens is 322 g/mol. The summed E-state index contributed by atoms with van der Waals surface area (Å²) in [7, 11) is 0. The maximum atomic E-state index is 4.32. The van der Waals surface area contributed by atoms with Gasteiger partial charge in [0.1, 0.15) is 11.5 Å². The summed E-state index contributed by atoms with van der Waals surface area (Å²) in [5.41, 5.74) is 3.05. The van der Waals surface area contributed by atoms with E-state index in [1.165, 1.54) is 44.1 Å². The highest BCUT2D eigenvalue weighted by Crippen LogP contribution is 2.25. The number of H-pyrrole nitrogens is 1. The van der Waals surface area contributed by atoms with Crippen molar-refractivity contribution in [1.82, 2.24) is 25.4 Å². The Morgan fingerprint density at radius 2 is 1.85 bits per heavy atom. The summed E-state index contributed by atoms with van der Waals surface area (Å²) in [6.07, 6.45) is 12.9. The summed E-state index contributed by atoms with van der Waals surface area (Å²) >= 11 is 0. The molecule has 0 aromatic carbocycles. The molecule has 0 amide bonds. The fraction of sp³-hybridized carbons (Fsp3) is 0.524. The summed E-state index contributed by atoms with van der Waals surface area (Å²) in [6.45, 7) is 12.5. The van der Waals surface area contributed by atoms with E-state index in [4.69, 9.17) is 0 Å². The highest BCUT2D eigenvalue weighted by molar-refractivity contribution is 5.63. The number of hydrogen-bond donors (Lipinski definition) is 1. The smallest absolute Gasteiger partial charge is 0.147 e. The Morgan fingerprint density at radius 3 is 2.38 bits per heavy atom. The zero-order valence-electron chi connectivity index (χ0n) is 16.5. The van der Waals surface area contributed by atoms with Crippen molar-refractivity contribution in [2.45, 2.75) is 66.2 Å². The topological polar surface area (TPSA) is 67.3 Å². The number of aromatic amines is 1.